The van der Waals surface area contributed by atoms with E-state index in [2.05, 4.69) is 0 Å². The molecule has 1 aromatic carbocycles. The third kappa shape index (κ3) is 2.51. The number of β-amino-alcohol motifs (C(OH)–C–C–N with tert-alkyl or cyclic N) is 1. The number of ether oxygens (including phenoxy) is 2. The molecular weight excluding hydrogens is 246 g/mol. The van der Waals surface area contributed by atoms with Gasteiger partial charge in [0.25, 0.3) is 5.91 Å². The summed E-state index contributed by atoms with van der Waals surface area (Å²) in [7, 11) is 3.12. The van der Waals surface area contributed by atoms with E-state index >= 15 is 0 Å². The molecule has 104 valence electrons. The standard InChI is InChI=1S/C14H19NO4/c1-9-11(18-3)5-10(6-12(9)19-4)13(16)15-7-14(2,17)8-15/h5-6,17H,7-8H2,1-4H3. The first-order valence-corrected chi connectivity index (χ1v) is 6.12. The first kappa shape index (κ1) is 13.7. The molecule has 0 radical (unpaired) electrons. The second-order valence-electron chi connectivity index (χ2n) is 5.16. The summed E-state index contributed by atoms with van der Waals surface area (Å²) in [5.41, 5.74) is 0.598. The Labute approximate surface area is 112 Å². The Hall–Kier alpha value is -1.75. The normalized spacial score (nSPS) is 16.8. The molecule has 0 atom stereocenters. The summed E-state index contributed by atoms with van der Waals surface area (Å²) in [5, 5.41) is 9.68. The molecule has 1 N–H and O–H groups in total. The Kier molecular flexibility index (Phi) is 3.41. The number of nitrogens with zero attached hydrogens (tertiary/aromatic N) is 1. The number of rotatable bonds is 3. The molecule has 1 aliphatic rings. The zero-order valence-electron chi connectivity index (χ0n) is 11.7. The molecule has 0 aromatic heterocycles. The monoisotopic (exact) mass is 265 g/mol. The second kappa shape index (κ2) is 4.74. The highest BCUT2D eigenvalue weighted by Gasteiger charge is 2.39. The van der Waals surface area contributed by atoms with Crippen molar-refractivity contribution in [3.05, 3.63) is 23.3 Å². The lowest BCUT2D eigenvalue weighted by Crippen LogP contribution is -2.61. The van der Waals surface area contributed by atoms with Gasteiger partial charge in [0.2, 0.25) is 0 Å². The maximum atomic E-state index is 12.3. The topological polar surface area (TPSA) is 59.0 Å². The zero-order chi connectivity index (χ0) is 14.2. The van der Waals surface area contributed by atoms with Gasteiger partial charge in [0.15, 0.2) is 0 Å². The molecule has 1 aliphatic heterocycles. The minimum absolute atomic E-state index is 0.122. The van der Waals surface area contributed by atoms with Crippen molar-refractivity contribution < 1.29 is 19.4 Å². The zero-order valence-corrected chi connectivity index (χ0v) is 11.7. The van der Waals surface area contributed by atoms with Crippen LogP contribution in [-0.2, 0) is 0 Å². The Morgan fingerprint density at radius 1 is 1.26 bits per heavy atom. The lowest BCUT2D eigenvalue weighted by molar-refractivity contribution is -0.0668. The van der Waals surface area contributed by atoms with Crippen LogP contribution in [-0.4, -0.2) is 48.8 Å². The smallest absolute Gasteiger partial charge is 0.254 e. The van der Waals surface area contributed by atoms with Crippen molar-refractivity contribution in [1.82, 2.24) is 4.90 Å². The van der Waals surface area contributed by atoms with Gasteiger partial charge in [-0.05, 0) is 26.0 Å². The van der Waals surface area contributed by atoms with Crippen LogP contribution in [0.4, 0.5) is 0 Å². The van der Waals surface area contributed by atoms with E-state index in [1.807, 2.05) is 6.92 Å². The van der Waals surface area contributed by atoms with Crippen molar-refractivity contribution in [2.75, 3.05) is 27.3 Å². The average Bonchev–Trinajstić information content (AvgIpc) is 2.35. The van der Waals surface area contributed by atoms with Crippen LogP contribution in [0.15, 0.2) is 12.1 Å². The van der Waals surface area contributed by atoms with E-state index in [0.29, 0.717) is 30.2 Å². The van der Waals surface area contributed by atoms with E-state index in [1.54, 1.807) is 38.2 Å². The van der Waals surface area contributed by atoms with Gasteiger partial charge in [-0.1, -0.05) is 0 Å². The Morgan fingerprint density at radius 3 is 2.11 bits per heavy atom. The lowest BCUT2D eigenvalue weighted by atomic mass is 9.95. The van der Waals surface area contributed by atoms with Gasteiger partial charge in [-0.2, -0.15) is 0 Å². The molecule has 5 nitrogen and oxygen atoms in total. The van der Waals surface area contributed by atoms with Crippen molar-refractivity contribution >= 4 is 5.91 Å². The molecule has 0 unspecified atom stereocenters. The molecule has 19 heavy (non-hydrogen) atoms. The van der Waals surface area contributed by atoms with E-state index in [-0.39, 0.29) is 5.91 Å². The van der Waals surface area contributed by atoms with E-state index in [0.717, 1.165) is 5.56 Å². The number of aliphatic hydroxyl groups is 1. The van der Waals surface area contributed by atoms with Gasteiger partial charge < -0.3 is 19.5 Å². The summed E-state index contributed by atoms with van der Waals surface area (Å²) < 4.78 is 10.5. The van der Waals surface area contributed by atoms with Crippen LogP contribution in [0.5, 0.6) is 11.5 Å². The van der Waals surface area contributed by atoms with E-state index in [9.17, 15) is 9.90 Å². The maximum absolute atomic E-state index is 12.3. The van der Waals surface area contributed by atoms with Gasteiger partial charge in [-0.3, -0.25) is 4.79 Å². The minimum atomic E-state index is -0.769. The van der Waals surface area contributed by atoms with Crippen LogP contribution in [0, 0.1) is 6.92 Å². The Balaban J connectivity index is 2.27. The molecule has 0 bridgehead atoms. The van der Waals surface area contributed by atoms with E-state index in [1.165, 1.54) is 0 Å². The highest BCUT2D eigenvalue weighted by atomic mass is 16.5. The van der Waals surface area contributed by atoms with Gasteiger partial charge in [-0.15, -0.1) is 0 Å². The van der Waals surface area contributed by atoms with Crippen molar-refractivity contribution in [1.29, 1.82) is 0 Å². The third-order valence-electron chi connectivity index (χ3n) is 3.35. The molecule has 1 fully saturated rings. The molecule has 1 saturated heterocycles. The van der Waals surface area contributed by atoms with Crippen LogP contribution in [0.1, 0.15) is 22.8 Å². The highest BCUT2D eigenvalue weighted by Crippen LogP contribution is 2.31. The number of benzene rings is 1. The van der Waals surface area contributed by atoms with Gasteiger partial charge in [-0.25, -0.2) is 0 Å². The van der Waals surface area contributed by atoms with E-state index < -0.39 is 5.60 Å². The van der Waals surface area contributed by atoms with E-state index in [4.69, 9.17) is 9.47 Å². The Bertz CT molecular complexity index is 477. The molecular formula is C14H19NO4. The fourth-order valence-corrected chi connectivity index (χ4v) is 2.31. The number of methoxy groups -OCH3 is 2. The first-order valence-electron chi connectivity index (χ1n) is 6.12. The number of likely N-dealkylation sites (tertiary alicyclic amines) is 1. The third-order valence-corrected chi connectivity index (χ3v) is 3.35. The number of hydrogen-bond donors (Lipinski definition) is 1. The van der Waals surface area contributed by atoms with Crippen molar-refractivity contribution in [3.8, 4) is 11.5 Å². The first-order chi connectivity index (χ1) is 8.88. The highest BCUT2D eigenvalue weighted by molar-refractivity contribution is 5.96. The molecule has 0 spiro atoms. The largest absolute Gasteiger partial charge is 0.496 e. The number of amides is 1. The summed E-state index contributed by atoms with van der Waals surface area (Å²) in [6.45, 7) is 4.29. The quantitative estimate of drug-likeness (QED) is 0.892. The van der Waals surface area contributed by atoms with Crippen LogP contribution >= 0.6 is 0 Å². The van der Waals surface area contributed by atoms with Crippen molar-refractivity contribution in [2.24, 2.45) is 0 Å². The molecule has 1 amide bonds. The van der Waals surface area contributed by atoms with Gasteiger partial charge in [0.05, 0.1) is 32.9 Å². The predicted octanol–water partition coefficient (Wildman–Crippen LogP) is 1.22. The number of carbonyl (C=O) groups excluding carboxylic acids is 1. The summed E-state index contributed by atoms with van der Waals surface area (Å²) >= 11 is 0. The second-order valence-corrected chi connectivity index (χ2v) is 5.16. The van der Waals surface area contributed by atoms with Crippen LogP contribution in [0.25, 0.3) is 0 Å². The van der Waals surface area contributed by atoms with Gasteiger partial charge >= 0.3 is 0 Å². The fourth-order valence-electron chi connectivity index (χ4n) is 2.31. The maximum Gasteiger partial charge on any atom is 0.254 e. The average molecular weight is 265 g/mol. The summed E-state index contributed by atoms with van der Waals surface area (Å²) in [4.78, 5) is 13.9. The predicted molar refractivity (Wildman–Crippen MR) is 70.8 cm³/mol. The van der Waals surface area contributed by atoms with Crippen molar-refractivity contribution in [2.45, 2.75) is 19.4 Å². The summed E-state index contributed by atoms with van der Waals surface area (Å²) in [6, 6.07) is 3.40. The minimum Gasteiger partial charge on any atom is -0.496 e. The van der Waals surface area contributed by atoms with Gasteiger partial charge in [0.1, 0.15) is 11.5 Å². The molecule has 5 heteroatoms. The molecule has 1 aromatic rings. The van der Waals surface area contributed by atoms with Crippen LogP contribution in [0.3, 0.4) is 0 Å². The van der Waals surface area contributed by atoms with Crippen molar-refractivity contribution in [3.63, 3.8) is 0 Å². The number of carbonyl (C=O) groups is 1. The lowest BCUT2D eigenvalue weighted by Gasteiger charge is -2.44. The van der Waals surface area contributed by atoms with Crippen LogP contribution < -0.4 is 9.47 Å². The Morgan fingerprint density at radius 2 is 1.74 bits per heavy atom. The number of hydrogen-bond acceptors (Lipinski definition) is 4. The fraction of sp³-hybridized carbons (Fsp3) is 0.500. The summed E-state index contributed by atoms with van der Waals surface area (Å²) in [5.74, 6) is 1.12. The molecule has 1 heterocycles. The van der Waals surface area contributed by atoms with Gasteiger partial charge in [0, 0.05) is 11.1 Å². The summed E-state index contributed by atoms with van der Waals surface area (Å²) in [6.07, 6.45) is 0. The molecule has 0 saturated carbocycles. The van der Waals surface area contributed by atoms with Crippen LogP contribution in [0.2, 0.25) is 0 Å². The SMILES string of the molecule is COc1cc(C(=O)N2CC(C)(O)C2)cc(OC)c1C. The molecule has 2 rings (SSSR count). The molecule has 0 aliphatic carbocycles.